The van der Waals surface area contributed by atoms with Crippen LogP contribution in [0.25, 0.3) is 10.8 Å². The molecule has 2 aromatic carbocycles. The molecular formula is C15H15BrO5. The summed E-state index contributed by atoms with van der Waals surface area (Å²) in [4.78, 5) is 11.4. The van der Waals surface area contributed by atoms with Gasteiger partial charge in [0, 0.05) is 5.39 Å². The summed E-state index contributed by atoms with van der Waals surface area (Å²) in [5.41, 5.74) is 0. The largest absolute Gasteiger partial charge is 0.507 e. The molecule has 21 heavy (non-hydrogen) atoms. The molecule has 2 aromatic rings. The Labute approximate surface area is 130 Å². The van der Waals surface area contributed by atoms with Crippen molar-refractivity contribution in [3.05, 3.63) is 28.7 Å². The molecule has 0 aliphatic rings. The number of hydrogen-bond acceptors (Lipinski definition) is 5. The number of phenolic OH excluding ortho intramolecular Hbond substituents is 1. The number of rotatable bonds is 5. The number of ether oxygens (including phenoxy) is 3. The second-order valence-corrected chi connectivity index (χ2v) is 5.04. The predicted octanol–water partition coefficient (Wildman–Crippen LogP) is 3.26. The third kappa shape index (κ3) is 3.21. The fourth-order valence-electron chi connectivity index (χ4n) is 2.02. The molecule has 0 atom stereocenters. The van der Waals surface area contributed by atoms with Gasteiger partial charge in [0.25, 0.3) is 0 Å². The quantitative estimate of drug-likeness (QED) is 0.834. The van der Waals surface area contributed by atoms with E-state index in [2.05, 4.69) is 15.9 Å². The van der Waals surface area contributed by atoms with Gasteiger partial charge in [-0.3, -0.25) is 0 Å². The summed E-state index contributed by atoms with van der Waals surface area (Å²) in [6, 6.07) is 6.81. The first-order valence-electron chi connectivity index (χ1n) is 6.35. The Morgan fingerprint density at radius 3 is 2.81 bits per heavy atom. The average molecular weight is 355 g/mol. The molecule has 2 rings (SSSR count). The number of hydrogen-bond donors (Lipinski definition) is 1. The standard InChI is InChI=1S/C15H15BrO5/c1-3-20-13(18)8-21-15-9-5-4-6-12(19-2)14(9)11(17)7-10(15)16/h4-7,17H,3,8H2,1-2H3. The average Bonchev–Trinajstić information content (AvgIpc) is 2.46. The SMILES string of the molecule is CCOC(=O)COc1c(Br)cc(O)c2c(OC)cccc12. The summed E-state index contributed by atoms with van der Waals surface area (Å²) in [5.74, 6) is 0.597. The highest BCUT2D eigenvalue weighted by molar-refractivity contribution is 9.10. The molecule has 112 valence electrons. The molecule has 6 heteroatoms. The van der Waals surface area contributed by atoms with Crippen LogP contribution in [0.1, 0.15) is 6.92 Å². The van der Waals surface area contributed by atoms with Gasteiger partial charge in [-0.2, -0.15) is 0 Å². The summed E-state index contributed by atoms with van der Waals surface area (Å²) in [5, 5.41) is 11.3. The van der Waals surface area contributed by atoms with E-state index in [-0.39, 0.29) is 12.4 Å². The first-order chi connectivity index (χ1) is 10.1. The van der Waals surface area contributed by atoms with Crippen molar-refractivity contribution in [2.24, 2.45) is 0 Å². The number of halogens is 1. The number of methoxy groups -OCH3 is 1. The van der Waals surface area contributed by atoms with E-state index in [0.717, 1.165) is 0 Å². The van der Waals surface area contributed by atoms with Crippen LogP contribution in [0.2, 0.25) is 0 Å². The Hall–Kier alpha value is -1.95. The molecule has 0 saturated carbocycles. The van der Waals surface area contributed by atoms with Crippen molar-refractivity contribution in [2.75, 3.05) is 20.3 Å². The molecule has 0 saturated heterocycles. The van der Waals surface area contributed by atoms with Gasteiger partial charge in [0.15, 0.2) is 6.61 Å². The third-order valence-electron chi connectivity index (χ3n) is 2.87. The number of esters is 1. The van der Waals surface area contributed by atoms with Gasteiger partial charge < -0.3 is 19.3 Å². The number of carbonyl (C=O) groups excluding carboxylic acids is 1. The van der Waals surface area contributed by atoms with E-state index in [1.54, 1.807) is 25.1 Å². The van der Waals surface area contributed by atoms with Crippen LogP contribution in [0.4, 0.5) is 0 Å². The highest BCUT2D eigenvalue weighted by Gasteiger charge is 2.16. The van der Waals surface area contributed by atoms with Crippen LogP contribution in [0, 0.1) is 0 Å². The summed E-state index contributed by atoms with van der Waals surface area (Å²) in [7, 11) is 1.52. The molecule has 0 bridgehead atoms. The fourth-order valence-corrected chi connectivity index (χ4v) is 2.57. The van der Waals surface area contributed by atoms with Crippen LogP contribution in [0.15, 0.2) is 28.7 Å². The van der Waals surface area contributed by atoms with E-state index in [9.17, 15) is 9.90 Å². The first-order valence-corrected chi connectivity index (χ1v) is 7.14. The molecule has 0 aliphatic carbocycles. The monoisotopic (exact) mass is 354 g/mol. The molecule has 0 radical (unpaired) electrons. The van der Waals surface area contributed by atoms with Crippen molar-refractivity contribution in [1.82, 2.24) is 0 Å². The highest BCUT2D eigenvalue weighted by Crippen LogP contribution is 2.43. The molecule has 0 aliphatic heterocycles. The molecule has 5 nitrogen and oxygen atoms in total. The van der Waals surface area contributed by atoms with Crippen molar-refractivity contribution >= 4 is 32.7 Å². The lowest BCUT2D eigenvalue weighted by molar-refractivity contribution is -0.145. The number of aromatic hydroxyl groups is 1. The zero-order chi connectivity index (χ0) is 15.4. The van der Waals surface area contributed by atoms with Crippen LogP contribution in [-0.4, -0.2) is 31.4 Å². The molecule has 0 aromatic heterocycles. The minimum atomic E-state index is -0.450. The predicted molar refractivity (Wildman–Crippen MR) is 82.0 cm³/mol. The van der Waals surface area contributed by atoms with Gasteiger partial charge in [-0.25, -0.2) is 4.79 Å². The molecule has 0 amide bonds. The Morgan fingerprint density at radius 2 is 2.14 bits per heavy atom. The lowest BCUT2D eigenvalue weighted by atomic mass is 10.1. The fraction of sp³-hybridized carbons (Fsp3) is 0.267. The summed E-state index contributed by atoms with van der Waals surface area (Å²) in [6.07, 6.45) is 0. The van der Waals surface area contributed by atoms with Gasteiger partial charge >= 0.3 is 5.97 Å². The van der Waals surface area contributed by atoms with Gasteiger partial charge in [-0.1, -0.05) is 12.1 Å². The lowest BCUT2D eigenvalue weighted by Crippen LogP contribution is -2.14. The summed E-state index contributed by atoms with van der Waals surface area (Å²) < 4.78 is 16.2. The maximum Gasteiger partial charge on any atom is 0.344 e. The highest BCUT2D eigenvalue weighted by atomic mass is 79.9. The minimum Gasteiger partial charge on any atom is -0.507 e. The number of phenols is 1. The van der Waals surface area contributed by atoms with Crippen LogP contribution < -0.4 is 9.47 Å². The maximum atomic E-state index is 11.4. The Morgan fingerprint density at radius 1 is 1.38 bits per heavy atom. The van der Waals surface area contributed by atoms with E-state index in [4.69, 9.17) is 14.2 Å². The zero-order valence-corrected chi connectivity index (χ0v) is 13.3. The van der Waals surface area contributed by atoms with Crippen LogP contribution in [0.5, 0.6) is 17.2 Å². The second-order valence-electron chi connectivity index (χ2n) is 4.18. The smallest absolute Gasteiger partial charge is 0.344 e. The summed E-state index contributed by atoms with van der Waals surface area (Å²) >= 11 is 3.33. The van der Waals surface area contributed by atoms with E-state index in [0.29, 0.717) is 33.4 Å². The molecule has 0 fully saturated rings. The van der Waals surface area contributed by atoms with E-state index < -0.39 is 5.97 Å². The van der Waals surface area contributed by atoms with Crippen molar-refractivity contribution in [3.8, 4) is 17.2 Å². The third-order valence-corrected chi connectivity index (χ3v) is 3.46. The molecule has 1 N–H and O–H groups in total. The van der Waals surface area contributed by atoms with Crippen LogP contribution in [-0.2, 0) is 9.53 Å². The topological polar surface area (TPSA) is 65.0 Å². The molecular weight excluding hydrogens is 340 g/mol. The molecule has 0 heterocycles. The first kappa shape index (κ1) is 15.4. The van der Waals surface area contributed by atoms with Gasteiger partial charge in [-0.05, 0) is 35.0 Å². The van der Waals surface area contributed by atoms with Crippen LogP contribution >= 0.6 is 15.9 Å². The van der Waals surface area contributed by atoms with Gasteiger partial charge in [0.05, 0.1) is 23.6 Å². The summed E-state index contributed by atoms with van der Waals surface area (Å²) in [6.45, 7) is 1.83. The molecule has 0 unspecified atom stereocenters. The zero-order valence-electron chi connectivity index (χ0n) is 11.7. The van der Waals surface area contributed by atoms with Crippen molar-refractivity contribution in [2.45, 2.75) is 6.92 Å². The van der Waals surface area contributed by atoms with Crippen molar-refractivity contribution < 1.29 is 24.1 Å². The lowest BCUT2D eigenvalue weighted by Gasteiger charge is -2.14. The van der Waals surface area contributed by atoms with Crippen molar-refractivity contribution in [1.29, 1.82) is 0 Å². The van der Waals surface area contributed by atoms with E-state index >= 15 is 0 Å². The second kappa shape index (κ2) is 6.67. The van der Waals surface area contributed by atoms with Crippen molar-refractivity contribution in [3.63, 3.8) is 0 Å². The Bertz CT molecular complexity index is 669. The number of fused-ring (bicyclic) bond motifs is 1. The molecule has 0 spiro atoms. The van der Waals surface area contributed by atoms with E-state index in [1.807, 2.05) is 0 Å². The van der Waals surface area contributed by atoms with Crippen LogP contribution in [0.3, 0.4) is 0 Å². The Balaban J connectivity index is 2.46. The minimum absolute atomic E-state index is 0.0674. The van der Waals surface area contributed by atoms with Gasteiger partial charge in [-0.15, -0.1) is 0 Å². The normalized spacial score (nSPS) is 10.4. The van der Waals surface area contributed by atoms with Gasteiger partial charge in [0.1, 0.15) is 17.2 Å². The number of carbonyl (C=O) groups is 1. The Kier molecular flexibility index (Phi) is 4.90. The van der Waals surface area contributed by atoms with E-state index in [1.165, 1.54) is 13.2 Å². The maximum absolute atomic E-state index is 11.4. The van der Waals surface area contributed by atoms with Gasteiger partial charge in [0.2, 0.25) is 0 Å². The number of benzene rings is 2.